The van der Waals surface area contributed by atoms with E-state index in [0.29, 0.717) is 36.0 Å². The van der Waals surface area contributed by atoms with Crippen LogP contribution < -0.4 is 19.5 Å². The van der Waals surface area contributed by atoms with Crippen molar-refractivity contribution in [3.8, 4) is 11.5 Å². The number of benzene rings is 2. The zero-order valence-corrected chi connectivity index (χ0v) is 15.4. The number of fused-ring (bicyclic) bond motifs is 1. The standard InChI is InChI=1S/C18H19FN2O5S/c1-12-10-13(19)2-5-17(12)27(23,24)20-7-6-18(22)21-14-3-4-15-16(11-14)26-9-8-25-15/h2-5,10-11,20H,6-9H2,1H3,(H,21,22). The molecule has 0 aromatic heterocycles. The first-order valence-electron chi connectivity index (χ1n) is 8.30. The van der Waals surface area contributed by atoms with Crippen LogP contribution in [-0.2, 0) is 14.8 Å². The number of ether oxygens (including phenoxy) is 2. The first-order chi connectivity index (χ1) is 12.8. The molecule has 27 heavy (non-hydrogen) atoms. The van der Waals surface area contributed by atoms with Crippen LogP contribution in [0.4, 0.5) is 10.1 Å². The second kappa shape index (κ2) is 7.93. The van der Waals surface area contributed by atoms with Gasteiger partial charge < -0.3 is 14.8 Å². The Kier molecular flexibility index (Phi) is 5.62. The summed E-state index contributed by atoms with van der Waals surface area (Å²) >= 11 is 0. The van der Waals surface area contributed by atoms with Gasteiger partial charge in [0.25, 0.3) is 0 Å². The van der Waals surface area contributed by atoms with Crippen LogP contribution in [0, 0.1) is 12.7 Å². The zero-order valence-electron chi connectivity index (χ0n) is 14.6. The SMILES string of the molecule is Cc1cc(F)ccc1S(=O)(=O)NCCC(=O)Nc1ccc2c(c1)OCCO2. The lowest BCUT2D eigenvalue weighted by Gasteiger charge is -2.19. The summed E-state index contributed by atoms with van der Waals surface area (Å²) < 4.78 is 50.9. The van der Waals surface area contributed by atoms with E-state index in [1.807, 2.05) is 0 Å². The number of carbonyl (C=O) groups excluding carboxylic acids is 1. The maximum absolute atomic E-state index is 13.1. The highest BCUT2D eigenvalue weighted by Crippen LogP contribution is 2.32. The number of hydrogen-bond acceptors (Lipinski definition) is 5. The summed E-state index contributed by atoms with van der Waals surface area (Å²) in [7, 11) is -3.82. The van der Waals surface area contributed by atoms with Crippen molar-refractivity contribution in [2.75, 3.05) is 25.1 Å². The predicted octanol–water partition coefficient (Wildman–Crippen LogP) is 2.21. The van der Waals surface area contributed by atoms with Gasteiger partial charge in [-0.05, 0) is 42.8 Å². The molecule has 1 aliphatic heterocycles. The molecule has 1 heterocycles. The molecule has 0 radical (unpaired) electrons. The minimum Gasteiger partial charge on any atom is -0.486 e. The Morgan fingerprint density at radius 2 is 1.85 bits per heavy atom. The van der Waals surface area contributed by atoms with E-state index < -0.39 is 15.8 Å². The molecule has 9 heteroatoms. The average Bonchev–Trinajstić information content (AvgIpc) is 2.61. The number of amides is 1. The fourth-order valence-electron chi connectivity index (χ4n) is 2.64. The molecule has 0 atom stereocenters. The molecule has 7 nitrogen and oxygen atoms in total. The van der Waals surface area contributed by atoms with Crippen molar-refractivity contribution >= 4 is 21.6 Å². The van der Waals surface area contributed by atoms with Crippen LogP contribution >= 0.6 is 0 Å². The Labute approximate surface area is 156 Å². The van der Waals surface area contributed by atoms with Crippen LogP contribution in [0.25, 0.3) is 0 Å². The first kappa shape index (κ1) is 19.1. The van der Waals surface area contributed by atoms with E-state index in [4.69, 9.17) is 9.47 Å². The molecule has 0 unspecified atom stereocenters. The maximum Gasteiger partial charge on any atom is 0.240 e. The Morgan fingerprint density at radius 1 is 1.11 bits per heavy atom. The maximum atomic E-state index is 13.1. The molecule has 2 aromatic rings. The Bertz CT molecular complexity index is 962. The molecule has 3 rings (SSSR count). The zero-order chi connectivity index (χ0) is 19.4. The number of carbonyl (C=O) groups is 1. The largest absolute Gasteiger partial charge is 0.486 e. The molecule has 0 bridgehead atoms. The van der Waals surface area contributed by atoms with E-state index >= 15 is 0 Å². The van der Waals surface area contributed by atoms with E-state index in [1.165, 1.54) is 13.0 Å². The number of rotatable bonds is 6. The second-order valence-electron chi connectivity index (χ2n) is 5.96. The second-order valence-corrected chi connectivity index (χ2v) is 7.70. The number of sulfonamides is 1. The molecule has 0 fully saturated rings. The minimum atomic E-state index is -3.82. The molecule has 144 valence electrons. The smallest absolute Gasteiger partial charge is 0.240 e. The van der Waals surface area contributed by atoms with Crippen LogP contribution in [0.5, 0.6) is 11.5 Å². The van der Waals surface area contributed by atoms with Crippen molar-refractivity contribution in [1.29, 1.82) is 0 Å². The topological polar surface area (TPSA) is 93.7 Å². The van der Waals surface area contributed by atoms with Gasteiger partial charge in [0, 0.05) is 24.7 Å². The van der Waals surface area contributed by atoms with E-state index in [-0.39, 0.29) is 23.8 Å². The van der Waals surface area contributed by atoms with Gasteiger partial charge in [0.15, 0.2) is 11.5 Å². The number of halogens is 1. The van der Waals surface area contributed by atoms with Gasteiger partial charge in [-0.25, -0.2) is 17.5 Å². The Morgan fingerprint density at radius 3 is 2.59 bits per heavy atom. The van der Waals surface area contributed by atoms with Gasteiger partial charge in [-0.1, -0.05) is 0 Å². The van der Waals surface area contributed by atoms with Crippen molar-refractivity contribution in [2.24, 2.45) is 0 Å². The Hall–Kier alpha value is -2.65. The van der Waals surface area contributed by atoms with E-state index in [9.17, 15) is 17.6 Å². The number of anilines is 1. The monoisotopic (exact) mass is 394 g/mol. The van der Waals surface area contributed by atoms with E-state index in [2.05, 4.69) is 10.0 Å². The van der Waals surface area contributed by atoms with Crippen LogP contribution in [0.3, 0.4) is 0 Å². The van der Waals surface area contributed by atoms with Crippen LogP contribution in [0.2, 0.25) is 0 Å². The normalized spacial score (nSPS) is 13.3. The lowest BCUT2D eigenvalue weighted by atomic mass is 10.2. The first-order valence-corrected chi connectivity index (χ1v) is 9.79. The third-order valence-electron chi connectivity index (χ3n) is 3.90. The molecule has 0 aliphatic carbocycles. The number of nitrogens with one attached hydrogen (secondary N) is 2. The van der Waals surface area contributed by atoms with E-state index in [0.717, 1.165) is 12.1 Å². The third kappa shape index (κ3) is 4.75. The molecule has 0 saturated heterocycles. The van der Waals surface area contributed by atoms with Crippen molar-refractivity contribution < 1.29 is 27.1 Å². The lowest BCUT2D eigenvalue weighted by molar-refractivity contribution is -0.116. The van der Waals surface area contributed by atoms with Crippen LogP contribution in [0.15, 0.2) is 41.3 Å². The van der Waals surface area contributed by atoms with Crippen LogP contribution in [-0.4, -0.2) is 34.1 Å². The van der Waals surface area contributed by atoms with Gasteiger partial charge in [-0.15, -0.1) is 0 Å². The van der Waals surface area contributed by atoms with Crippen molar-refractivity contribution in [3.63, 3.8) is 0 Å². The fraction of sp³-hybridized carbons (Fsp3) is 0.278. The third-order valence-corrected chi connectivity index (χ3v) is 5.52. The molecule has 1 amide bonds. The highest BCUT2D eigenvalue weighted by Gasteiger charge is 2.17. The fourth-order valence-corrected chi connectivity index (χ4v) is 3.89. The predicted molar refractivity (Wildman–Crippen MR) is 97.0 cm³/mol. The van der Waals surface area contributed by atoms with Gasteiger partial charge in [-0.2, -0.15) is 0 Å². The summed E-state index contributed by atoms with van der Waals surface area (Å²) in [6, 6.07) is 8.45. The van der Waals surface area contributed by atoms with Crippen LogP contribution in [0.1, 0.15) is 12.0 Å². The summed E-state index contributed by atoms with van der Waals surface area (Å²) in [6.07, 6.45) is -0.0616. The molecular weight excluding hydrogens is 375 g/mol. The molecular formula is C18H19FN2O5S. The highest BCUT2D eigenvalue weighted by atomic mass is 32.2. The van der Waals surface area contributed by atoms with Gasteiger partial charge >= 0.3 is 0 Å². The average molecular weight is 394 g/mol. The summed E-state index contributed by atoms with van der Waals surface area (Å²) in [4.78, 5) is 12.0. The molecule has 0 spiro atoms. The quantitative estimate of drug-likeness (QED) is 0.784. The van der Waals surface area contributed by atoms with Gasteiger partial charge in [0.1, 0.15) is 19.0 Å². The minimum absolute atomic E-state index is 0.0175. The summed E-state index contributed by atoms with van der Waals surface area (Å²) in [5.74, 6) is 0.295. The van der Waals surface area contributed by atoms with E-state index in [1.54, 1.807) is 18.2 Å². The van der Waals surface area contributed by atoms with Gasteiger partial charge in [-0.3, -0.25) is 4.79 Å². The highest BCUT2D eigenvalue weighted by molar-refractivity contribution is 7.89. The number of hydrogen-bond donors (Lipinski definition) is 2. The van der Waals surface area contributed by atoms with Gasteiger partial charge in [0.05, 0.1) is 4.90 Å². The molecule has 2 aromatic carbocycles. The van der Waals surface area contributed by atoms with Crippen molar-refractivity contribution in [3.05, 3.63) is 47.8 Å². The molecule has 1 aliphatic rings. The number of aryl methyl sites for hydroxylation is 1. The summed E-state index contributed by atoms with van der Waals surface area (Å²) in [5.41, 5.74) is 0.824. The summed E-state index contributed by atoms with van der Waals surface area (Å²) in [6.45, 7) is 2.34. The van der Waals surface area contributed by atoms with Crippen molar-refractivity contribution in [2.45, 2.75) is 18.2 Å². The van der Waals surface area contributed by atoms with Crippen molar-refractivity contribution in [1.82, 2.24) is 4.72 Å². The molecule has 0 saturated carbocycles. The lowest BCUT2D eigenvalue weighted by Crippen LogP contribution is -2.28. The summed E-state index contributed by atoms with van der Waals surface area (Å²) in [5, 5.41) is 2.68. The Balaban J connectivity index is 1.55. The molecule has 2 N–H and O–H groups in total. The van der Waals surface area contributed by atoms with Gasteiger partial charge in [0.2, 0.25) is 15.9 Å².